The van der Waals surface area contributed by atoms with E-state index in [0.29, 0.717) is 0 Å². The fourth-order valence-electron chi connectivity index (χ4n) is 1.85. The topological polar surface area (TPSA) is 55.8 Å². The average Bonchev–Trinajstić information content (AvgIpc) is 2.46. The molecule has 4 nitrogen and oxygen atoms in total. The van der Waals surface area contributed by atoms with E-state index in [-0.39, 0.29) is 11.5 Å². The van der Waals surface area contributed by atoms with Gasteiger partial charge in [0.2, 0.25) is 0 Å². The minimum Gasteiger partial charge on any atom is -0.493 e. The maximum Gasteiger partial charge on any atom is 0.420 e. The molecule has 0 spiro atoms. The first-order valence-corrected chi connectivity index (χ1v) is 6.09. The lowest BCUT2D eigenvalue weighted by molar-refractivity contribution is -0.138. The number of halogens is 3. The third-order valence-electron chi connectivity index (χ3n) is 2.83. The fourth-order valence-corrected chi connectivity index (χ4v) is 1.85. The smallest absolute Gasteiger partial charge is 0.420 e. The third kappa shape index (κ3) is 3.13. The van der Waals surface area contributed by atoms with Gasteiger partial charge < -0.3 is 14.6 Å². The normalized spacial score (nSPS) is 11.1. The van der Waals surface area contributed by atoms with Gasteiger partial charge in [-0.1, -0.05) is 18.2 Å². The van der Waals surface area contributed by atoms with E-state index in [0.717, 1.165) is 18.2 Å². The van der Waals surface area contributed by atoms with Crippen molar-refractivity contribution < 1.29 is 32.5 Å². The Morgan fingerprint density at radius 2 is 1.68 bits per heavy atom. The van der Waals surface area contributed by atoms with Crippen LogP contribution in [-0.2, 0) is 6.18 Å². The molecule has 0 amide bonds. The van der Waals surface area contributed by atoms with Gasteiger partial charge in [-0.05, 0) is 24.3 Å². The predicted octanol–water partition coefficient (Wildman–Crippen LogP) is 4.20. The van der Waals surface area contributed by atoms with E-state index in [1.165, 1.54) is 25.3 Å². The van der Waals surface area contributed by atoms with Crippen LogP contribution in [0.2, 0.25) is 0 Å². The highest BCUT2D eigenvalue weighted by molar-refractivity contribution is 5.91. The maximum absolute atomic E-state index is 13.1. The third-order valence-corrected chi connectivity index (χ3v) is 2.83. The SMILES string of the molecule is COc1ccccc1Oc1c(C(=O)O)cccc1C(F)(F)F. The lowest BCUT2D eigenvalue weighted by atomic mass is 10.1. The Kier molecular flexibility index (Phi) is 4.25. The Hall–Kier alpha value is -2.70. The minimum absolute atomic E-state index is 0.0100. The molecule has 0 aliphatic rings. The number of alkyl halides is 3. The van der Waals surface area contributed by atoms with Crippen LogP contribution < -0.4 is 9.47 Å². The molecular formula is C15H11F3O4. The molecule has 0 fully saturated rings. The average molecular weight is 312 g/mol. The van der Waals surface area contributed by atoms with Crippen LogP contribution in [-0.4, -0.2) is 18.2 Å². The van der Waals surface area contributed by atoms with Crippen LogP contribution in [0.25, 0.3) is 0 Å². The monoisotopic (exact) mass is 312 g/mol. The summed E-state index contributed by atoms with van der Waals surface area (Å²) in [5.74, 6) is -2.11. The first-order chi connectivity index (χ1) is 10.3. The first kappa shape index (κ1) is 15.7. The Bertz CT molecular complexity index is 695. The molecular weight excluding hydrogens is 301 g/mol. The Morgan fingerprint density at radius 3 is 2.23 bits per heavy atom. The minimum atomic E-state index is -4.75. The highest BCUT2D eigenvalue weighted by Crippen LogP contribution is 2.42. The van der Waals surface area contributed by atoms with E-state index < -0.39 is 29.0 Å². The number of rotatable bonds is 4. The zero-order valence-corrected chi connectivity index (χ0v) is 11.3. The number of para-hydroxylation sites is 3. The molecule has 22 heavy (non-hydrogen) atoms. The molecule has 7 heteroatoms. The number of carboxylic acids is 1. The summed E-state index contributed by atoms with van der Waals surface area (Å²) in [4.78, 5) is 11.2. The van der Waals surface area contributed by atoms with Gasteiger partial charge in [0, 0.05) is 0 Å². The number of aromatic carboxylic acids is 1. The second kappa shape index (κ2) is 5.97. The molecule has 2 rings (SSSR count). The highest BCUT2D eigenvalue weighted by Gasteiger charge is 2.36. The van der Waals surface area contributed by atoms with E-state index in [1.54, 1.807) is 6.07 Å². The first-order valence-electron chi connectivity index (χ1n) is 6.09. The van der Waals surface area contributed by atoms with Gasteiger partial charge in [-0.25, -0.2) is 4.79 Å². The number of ether oxygens (including phenoxy) is 2. The summed E-state index contributed by atoms with van der Waals surface area (Å²) in [6.45, 7) is 0. The molecule has 116 valence electrons. The molecule has 0 saturated carbocycles. The lowest BCUT2D eigenvalue weighted by Gasteiger charge is -2.17. The Labute approximate surface area is 123 Å². The summed E-state index contributed by atoms with van der Waals surface area (Å²) in [6.07, 6.45) is -4.75. The molecule has 0 atom stereocenters. The van der Waals surface area contributed by atoms with Gasteiger partial charge in [0.15, 0.2) is 17.2 Å². The molecule has 2 aromatic rings. The van der Waals surface area contributed by atoms with Crippen molar-refractivity contribution in [2.45, 2.75) is 6.18 Å². The van der Waals surface area contributed by atoms with E-state index >= 15 is 0 Å². The molecule has 0 aliphatic heterocycles. The molecule has 0 unspecified atom stereocenters. The van der Waals surface area contributed by atoms with Gasteiger partial charge in [-0.3, -0.25) is 0 Å². The molecule has 0 aromatic heterocycles. The standard InChI is InChI=1S/C15H11F3O4/c1-21-11-7-2-3-8-12(11)22-13-9(14(19)20)5-4-6-10(13)15(16,17)18/h2-8H,1H3,(H,19,20). The van der Waals surface area contributed by atoms with Gasteiger partial charge in [0.05, 0.1) is 12.7 Å². The van der Waals surface area contributed by atoms with Crippen LogP contribution in [0.15, 0.2) is 42.5 Å². The Morgan fingerprint density at radius 1 is 1.05 bits per heavy atom. The lowest BCUT2D eigenvalue weighted by Crippen LogP contribution is -2.11. The second-order valence-corrected chi connectivity index (χ2v) is 4.24. The largest absolute Gasteiger partial charge is 0.493 e. The van der Waals surface area contributed by atoms with Crippen molar-refractivity contribution in [1.29, 1.82) is 0 Å². The second-order valence-electron chi connectivity index (χ2n) is 4.24. The van der Waals surface area contributed by atoms with Crippen LogP contribution in [0.4, 0.5) is 13.2 Å². The van der Waals surface area contributed by atoms with E-state index in [9.17, 15) is 18.0 Å². The van der Waals surface area contributed by atoms with Crippen LogP contribution in [0, 0.1) is 0 Å². The summed E-state index contributed by atoms with van der Waals surface area (Å²) < 4.78 is 49.4. The van der Waals surface area contributed by atoms with Gasteiger partial charge in [0.25, 0.3) is 0 Å². The van der Waals surface area contributed by atoms with Crippen LogP contribution in [0.1, 0.15) is 15.9 Å². The molecule has 0 heterocycles. The van der Waals surface area contributed by atoms with Crippen molar-refractivity contribution in [2.75, 3.05) is 7.11 Å². The number of benzene rings is 2. The molecule has 0 radical (unpaired) electrons. The Balaban J connectivity index is 2.60. The van der Waals surface area contributed by atoms with Gasteiger partial charge in [0.1, 0.15) is 5.56 Å². The van der Waals surface area contributed by atoms with Crippen molar-refractivity contribution in [3.63, 3.8) is 0 Å². The van der Waals surface area contributed by atoms with Crippen LogP contribution in [0.5, 0.6) is 17.2 Å². The number of carboxylic acid groups (broad SMARTS) is 1. The molecule has 0 bridgehead atoms. The van der Waals surface area contributed by atoms with Crippen molar-refractivity contribution in [3.05, 3.63) is 53.6 Å². The molecule has 2 aromatic carbocycles. The zero-order chi connectivity index (χ0) is 16.3. The highest BCUT2D eigenvalue weighted by atomic mass is 19.4. The maximum atomic E-state index is 13.1. The van der Waals surface area contributed by atoms with Crippen molar-refractivity contribution in [1.82, 2.24) is 0 Å². The van der Waals surface area contributed by atoms with Crippen LogP contribution in [0.3, 0.4) is 0 Å². The number of hydrogen-bond donors (Lipinski definition) is 1. The van der Waals surface area contributed by atoms with E-state index in [1.807, 2.05) is 0 Å². The predicted molar refractivity (Wildman–Crippen MR) is 71.5 cm³/mol. The number of methoxy groups -OCH3 is 1. The van der Waals surface area contributed by atoms with Gasteiger partial charge in [-0.2, -0.15) is 13.2 Å². The van der Waals surface area contributed by atoms with E-state index in [2.05, 4.69) is 0 Å². The zero-order valence-electron chi connectivity index (χ0n) is 11.3. The van der Waals surface area contributed by atoms with Crippen molar-refractivity contribution in [2.24, 2.45) is 0 Å². The summed E-state index contributed by atoms with van der Waals surface area (Å²) in [6, 6.07) is 8.85. The summed E-state index contributed by atoms with van der Waals surface area (Å²) in [5, 5.41) is 9.08. The molecule has 1 N–H and O–H groups in total. The van der Waals surface area contributed by atoms with Crippen molar-refractivity contribution in [3.8, 4) is 17.2 Å². The quantitative estimate of drug-likeness (QED) is 0.919. The fraction of sp³-hybridized carbons (Fsp3) is 0.133. The number of hydrogen-bond acceptors (Lipinski definition) is 3. The van der Waals surface area contributed by atoms with Gasteiger partial charge in [-0.15, -0.1) is 0 Å². The molecule has 0 saturated heterocycles. The summed E-state index contributed by atoms with van der Waals surface area (Å²) in [5.41, 5.74) is -1.75. The number of carbonyl (C=O) groups is 1. The van der Waals surface area contributed by atoms with Crippen LogP contribution >= 0.6 is 0 Å². The summed E-state index contributed by atoms with van der Waals surface area (Å²) in [7, 11) is 1.33. The van der Waals surface area contributed by atoms with Gasteiger partial charge >= 0.3 is 12.1 Å². The molecule has 0 aliphatic carbocycles. The summed E-state index contributed by atoms with van der Waals surface area (Å²) >= 11 is 0. The van der Waals surface area contributed by atoms with Crippen molar-refractivity contribution >= 4 is 5.97 Å². The van der Waals surface area contributed by atoms with E-state index in [4.69, 9.17) is 14.6 Å².